The molecule has 0 aliphatic rings. The van der Waals surface area contributed by atoms with Gasteiger partial charge in [0.25, 0.3) is 0 Å². The van der Waals surface area contributed by atoms with Crippen LogP contribution in [-0.2, 0) is 0 Å². The van der Waals surface area contributed by atoms with Crippen molar-refractivity contribution in [1.29, 1.82) is 5.26 Å². The lowest BCUT2D eigenvalue weighted by atomic mass is 10.2. The number of nitrogens with zero attached hydrogens (tertiary/aromatic N) is 1. The first-order chi connectivity index (χ1) is 9.10. The monoisotopic (exact) mass is 316 g/mol. The fraction of sp³-hybridized carbons (Fsp3) is 0. The number of primary amides is 1. The fourth-order valence-electron chi connectivity index (χ4n) is 1.49. The van der Waals surface area contributed by atoms with Crippen molar-refractivity contribution in [2.24, 2.45) is 5.73 Å². The van der Waals surface area contributed by atoms with Gasteiger partial charge in [0.05, 0.1) is 5.56 Å². The predicted octanol–water partition coefficient (Wildman–Crippen LogP) is 3.21. The summed E-state index contributed by atoms with van der Waals surface area (Å²) in [5, 5.41) is 9.03. The van der Waals surface area contributed by atoms with Gasteiger partial charge >= 0.3 is 0 Å². The van der Waals surface area contributed by atoms with Crippen LogP contribution in [0.25, 0.3) is 0 Å². The van der Waals surface area contributed by atoms with Crippen molar-refractivity contribution >= 4 is 21.8 Å². The summed E-state index contributed by atoms with van der Waals surface area (Å²) in [6.07, 6.45) is 0. The minimum absolute atomic E-state index is 0.406. The lowest BCUT2D eigenvalue weighted by molar-refractivity contribution is 0.100. The van der Waals surface area contributed by atoms with E-state index in [0.717, 1.165) is 4.47 Å². The van der Waals surface area contributed by atoms with Crippen molar-refractivity contribution in [3.8, 4) is 17.6 Å². The molecule has 2 rings (SSSR count). The molecule has 0 bridgehead atoms. The molecule has 4 nitrogen and oxygen atoms in total. The van der Waals surface area contributed by atoms with E-state index >= 15 is 0 Å². The molecule has 0 atom stereocenters. The number of benzene rings is 2. The molecule has 0 unspecified atom stereocenters. The average Bonchev–Trinajstić information content (AvgIpc) is 2.41. The number of nitriles is 1. The van der Waals surface area contributed by atoms with Crippen molar-refractivity contribution in [3.05, 3.63) is 58.1 Å². The van der Waals surface area contributed by atoms with Crippen LogP contribution in [0.1, 0.15) is 15.9 Å². The number of halogens is 1. The maximum Gasteiger partial charge on any atom is 0.248 e. The molecule has 0 spiro atoms. The number of nitrogens with two attached hydrogens (primary N) is 1. The number of ether oxygens (including phenoxy) is 1. The Balaban J connectivity index is 2.26. The van der Waals surface area contributed by atoms with E-state index in [2.05, 4.69) is 22.0 Å². The van der Waals surface area contributed by atoms with Gasteiger partial charge in [-0.2, -0.15) is 5.26 Å². The van der Waals surface area contributed by atoms with Crippen LogP contribution >= 0.6 is 15.9 Å². The molecule has 0 fully saturated rings. The Kier molecular flexibility index (Phi) is 3.83. The summed E-state index contributed by atoms with van der Waals surface area (Å²) in [6, 6.07) is 13.6. The van der Waals surface area contributed by atoms with E-state index in [4.69, 9.17) is 15.7 Å². The second-order valence-electron chi connectivity index (χ2n) is 3.74. The highest BCUT2D eigenvalue weighted by molar-refractivity contribution is 9.10. The molecule has 1 amide bonds. The van der Waals surface area contributed by atoms with Gasteiger partial charge in [-0.05, 0) is 42.5 Å². The van der Waals surface area contributed by atoms with Gasteiger partial charge in [-0.3, -0.25) is 4.79 Å². The number of carbonyl (C=O) groups is 1. The second-order valence-corrected chi connectivity index (χ2v) is 4.66. The Morgan fingerprint density at radius 3 is 2.47 bits per heavy atom. The maximum atomic E-state index is 10.9. The van der Waals surface area contributed by atoms with Crippen molar-refractivity contribution in [2.45, 2.75) is 0 Å². The highest BCUT2D eigenvalue weighted by atomic mass is 79.9. The van der Waals surface area contributed by atoms with Crippen molar-refractivity contribution in [3.63, 3.8) is 0 Å². The summed E-state index contributed by atoms with van der Waals surface area (Å²) in [6.45, 7) is 0. The highest BCUT2D eigenvalue weighted by Crippen LogP contribution is 2.27. The molecule has 19 heavy (non-hydrogen) atoms. The molecule has 0 heterocycles. The summed E-state index contributed by atoms with van der Waals surface area (Å²) >= 11 is 3.29. The van der Waals surface area contributed by atoms with Crippen LogP contribution < -0.4 is 10.5 Å². The molecule has 94 valence electrons. The maximum absolute atomic E-state index is 10.9. The summed E-state index contributed by atoms with van der Waals surface area (Å²) < 4.78 is 6.40. The molecule has 0 aliphatic heterocycles. The lowest BCUT2D eigenvalue weighted by Gasteiger charge is -2.07. The first-order valence-electron chi connectivity index (χ1n) is 5.37. The Morgan fingerprint density at radius 2 is 1.89 bits per heavy atom. The van der Waals surface area contributed by atoms with Gasteiger partial charge in [0, 0.05) is 10.0 Å². The normalized spacial score (nSPS) is 9.68. The number of carbonyl (C=O) groups excluding carboxylic acids is 1. The van der Waals surface area contributed by atoms with Crippen molar-refractivity contribution in [1.82, 2.24) is 0 Å². The molecule has 0 aromatic heterocycles. The zero-order chi connectivity index (χ0) is 13.8. The van der Waals surface area contributed by atoms with Gasteiger partial charge in [-0.1, -0.05) is 15.9 Å². The Bertz CT molecular complexity index is 660. The molecule has 2 aromatic rings. The number of hydrogen-bond acceptors (Lipinski definition) is 3. The number of amides is 1. The van der Waals surface area contributed by atoms with Crippen LogP contribution in [-0.4, -0.2) is 5.91 Å². The zero-order valence-corrected chi connectivity index (χ0v) is 11.3. The summed E-state index contributed by atoms with van der Waals surface area (Å²) in [7, 11) is 0. The summed E-state index contributed by atoms with van der Waals surface area (Å²) in [4.78, 5) is 10.9. The van der Waals surface area contributed by atoms with E-state index in [9.17, 15) is 4.79 Å². The molecule has 0 radical (unpaired) electrons. The molecule has 2 aromatic carbocycles. The largest absolute Gasteiger partial charge is 0.456 e. The van der Waals surface area contributed by atoms with E-state index in [0.29, 0.717) is 22.6 Å². The minimum Gasteiger partial charge on any atom is -0.456 e. The van der Waals surface area contributed by atoms with Gasteiger partial charge in [0.15, 0.2) is 0 Å². The third-order valence-corrected chi connectivity index (χ3v) is 2.92. The molecular formula is C14H9BrN2O2. The molecule has 0 saturated carbocycles. The van der Waals surface area contributed by atoms with E-state index in [-0.39, 0.29) is 0 Å². The highest BCUT2D eigenvalue weighted by Gasteiger charge is 2.06. The Morgan fingerprint density at radius 1 is 1.21 bits per heavy atom. The standard InChI is InChI=1S/C14H9BrN2O2/c15-11-3-6-13(10(7-11)8-16)19-12-4-1-9(2-5-12)14(17)18/h1-7H,(H2,17,18). The smallest absolute Gasteiger partial charge is 0.248 e. The third kappa shape index (κ3) is 3.12. The first-order valence-corrected chi connectivity index (χ1v) is 6.17. The van der Waals surface area contributed by atoms with Crippen molar-refractivity contribution in [2.75, 3.05) is 0 Å². The SMILES string of the molecule is N#Cc1cc(Br)ccc1Oc1ccc(C(N)=O)cc1. The number of rotatable bonds is 3. The molecule has 5 heteroatoms. The molecular weight excluding hydrogens is 308 g/mol. The van der Waals surface area contributed by atoms with Gasteiger partial charge in [-0.25, -0.2) is 0 Å². The van der Waals surface area contributed by atoms with Gasteiger partial charge in [0.1, 0.15) is 17.6 Å². The van der Waals surface area contributed by atoms with Crippen molar-refractivity contribution < 1.29 is 9.53 Å². The summed E-state index contributed by atoms with van der Waals surface area (Å²) in [5.41, 5.74) is 5.98. The van der Waals surface area contributed by atoms with E-state index in [1.807, 2.05) is 0 Å². The Labute approximate surface area is 118 Å². The molecule has 0 saturated heterocycles. The van der Waals surface area contributed by atoms with Crippen LogP contribution in [0.3, 0.4) is 0 Å². The van der Waals surface area contributed by atoms with Gasteiger partial charge < -0.3 is 10.5 Å². The predicted molar refractivity (Wildman–Crippen MR) is 73.9 cm³/mol. The van der Waals surface area contributed by atoms with E-state index in [1.165, 1.54) is 0 Å². The van der Waals surface area contributed by atoms with Crippen LogP contribution in [0, 0.1) is 11.3 Å². The van der Waals surface area contributed by atoms with E-state index < -0.39 is 5.91 Å². The van der Waals surface area contributed by atoms with Crippen LogP contribution in [0.4, 0.5) is 0 Å². The average molecular weight is 317 g/mol. The third-order valence-electron chi connectivity index (χ3n) is 2.43. The number of hydrogen-bond donors (Lipinski definition) is 1. The van der Waals surface area contributed by atoms with Gasteiger partial charge in [-0.15, -0.1) is 0 Å². The van der Waals surface area contributed by atoms with Crippen LogP contribution in [0.15, 0.2) is 46.9 Å². The zero-order valence-electron chi connectivity index (χ0n) is 9.76. The Hall–Kier alpha value is -2.32. The quantitative estimate of drug-likeness (QED) is 0.944. The van der Waals surface area contributed by atoms with Gasteiger partial charge in [0.2, 0.25) is 5.91 Å². The van der Waals surface area contributed by atoms with Crippen LogP contribution in [0.2, 0.25) is 0 Å². The van der Waals surface area contributed by atoms with Crippen LogP contribution in [0.5, 0.6) is 11.5 Å². The molecule has 0 aliphatic carbocycles. The topological polar surface area (TPSA) is 76.1 Å². The first kappa shape index (κ1) is 13.1. The fourth-order valence-corrected chi connectivity index (χ4v) is 1.85. The molecule has 2 N–H and O–H groups in total. The second kappa shape index (κ2) is 5.55. The summed E-state index contributed by atoms with van der Waals surface area (Å²) in [5.74, 6) is 0.495. The lowest BCUT2D eigenvalue weighted by Crippen LogP contribution is -2.10. The van der Waals surface area contributed by atoms with E-state index in [1.54, 1.807) is 42.5 Å². The minimum atomic E-state index is -0.493.